The molecule has 0 radical (unpaired) electrons. The summed E-state index contributed by atoms with van der Waals surface area (Å²) in [5.74, 6) is -0.408. The number of methoxy groups -OCH3 is 2. The van der Waals surface area contributed by atoms with Crippen molar-refractivity contribution < 1.29 is 19.1 Å². The smallest absolute Gasteiger partial charge is 0.305 e. The molecule has 6 nitrogen and oxygen atoms in total. The number of ether oxygens (including phenoxy) is 2. The van der Waals surface area contributed by atoms with E-state index in [0.29, 0.717) is 25.7 Å². The lowest BCUT2D eigenvalue weighted by atomic mass is 9.98. The molecule has 286 valence electrons. The van der Waals surface area contributed by atoms with E-state index in [0.717, 1.165) is 67.5 Å². The van der Waals surface area contributed by atoms with E-state index in [1.54, 1.807) is 0 Å². The number of hydrogen-bond acceptors (Lipinski definition) is 6. The number of rotatable bonds is 13. The summed E-state index contributed by atoms with van der Waals surface area (Å²) in [6.07, 6.45) is 1.98. The molecule has 0 fully saturated rings. The van der Waals surface area contributed by atoms with Crippen molar-refractivity contribution in [2.45, 2.75) is 67.2 Å². The molecule has 0 aliphatic heterocycles. The van der Waals surface area contributed by atoms with E-state index >= 15 is 0 Å². The molecule has 6 aromatic rings. The van der Waals surface area contributed by atoms with Crippen LogP contribution in [0.1, 0.15) is 57.3 Å². The maximum absolute atomic E-state index is 11.8. The van der Waals surface area contributed by atoms with Crippen molar-refractivity contribution in [1.29, 1.82) is 0 Å². The Morgan fingerprint density at radius 3 is 1.09 bits per heavy atom. The molecule has 6 aromatic carbocycles. The number of esters is 2. The second-order valence-corrected chi connectivity index (χ2v) is 14.7. The quantitative estimate of drug-likeness (QED) is 0.110. The number of benzene rings is 6. The number of carbonyl (C=O) groups excluding carboxylic acids is 2. The van der Waals surface area contributed by atoms with Crippen molar-refractivity contribution in [2.75, 3.05) is 24.0 Å². The van der Waals surface area contributed by atoms with Gasteiger partial charge in [-0.25, -0.2) is 0 Å². The van der Waals surface area contributed by atoms with Gasteiger partial charge in [-0.3, -0.25) is 9.59 Å². The van der Waals surface area contributed by atoms with Crippen molar-refractivity contribution in [3.05, 3.63) is 166 Å². The standard InChI is InChI=1S/C50H52N2O4/c1-33-9-19-45(31-35(33)3)51(43-21-11-39(12-22-43)15-27-49(53)55-7)47-25-17-41(29-37(47)5)42-18-26-48(38(6)30-42)52(46-20-10-34(2)36(4)32-46)44-23-13-40(14-24-44)16-28-50(54)56-8/h9-14,17-26,29-32H,15-16,27-28H2,1-8H3. The molecule has 0 bridgehead atoms. The van der Waals surface area contributed by atoms with Crippen LogP contribution in [0.2, 0.25) is 0 Å². The summed E-state index contributed by atoms with van der Waals surface area (Å²) in [4.78, 5) is 28.2. The highest BCUT2D eigenvalue weighted by Gasteiger charge is 2.19. The van der Waals surface area contributed by atoms with Gasteiger partial charge in [-0.2, -0.15) is 0 Å². The topological polar surface area (TPSA) is 59.1 Å². The maximum Gasteiger partial charge on any atom is 0.305 e. The van der Waals surface area contributed by atoms with Crippen LogP contribution in [0.15, 0.2) is 121 Å². The van der Waals surface area contributed by atoms with Crippen LogP contribution in [0, 0.1) is 41.5 Å². The van der Waals surface area contributed by atoms with Gasteiger partial charge in [-0.1, -0.05) is 48.5 Å². The van der Waals surface area contributed by atoms with Crippen LogP contribution in [-0.2, 0) is 31.9 Å². The normalized spacial score (nSPS) is 10.9. The average Bonchev–Trinajstić information content (AvgIpc) is 3.20. The maximum atomic E-state index is 11.8. The Balaban J connectivity index is 1.34. The van der Waals surface area contributed by atoms with Crippen LogP contribution in [0.3, 0.4) is 0 Å². The third-order valence-electron chi connectivity index (χ3n) is 10.8. The van der Waals surface area contributed by atoms with Crippen LogP contribution in [0.4, 0.5) is 34.1 Å². The molecule has 0 atom stereocenters. The molecule has 0 N–H and O–H groups in total. The molecule has 0 aliphatic carbocycles. The van der Waals surface area contributed by atoms with Crippen LogP contribution in [0.25, 0.3) is 11.1 Å². The summed E-state index contributed by atoms with van der Waals surface area (Å²) >= 11 is 0. The summed E-state index contributed by atoms with van der Waals surface area (Å²) < 4.78 is 9.70. The fraction of sp³-hybridized carbons (Fsp3) is 0.240. The van der Waals surface area contributed by atoms with E-state index in [-0.39, 0.29) is 11.9 Å². The van der Waals surface area contributed by atoms with Crippen LogP contribution >= 0.6 is 0 Å². The average molecular weight is 745 g/mol. The Kier molecular flexibility index (Phi) is 12.4. The van der Waals surface area contributed by atoms with E-state index in [4.69, 9.17) is 9.47 Å². The number of carbonyl (C=O) groups is 2. The van der Waals surface area contributed by atoms with Gasteiger partial charge in [-0.05, 0) is 183 Å². The molecule has 56 heavy (non-hydrogen) atoms. The molecule has 0 aromatic heterocycles. The molecule has 0 saturated carbocycles. The Labute approximate surface area is 332 Å². The fourth-order valence-corrected chi connectivity index (χ4v) is 7.08. The number of hydrogen-bond donors (Lipinski definition) is 0. The van der Waals surface area contributed by atoms with E-state index in [9.17, 15) is 9.59 Å². The number of aryl methyl sites for hydroxylation is 8. The minimum absolute atomic E-state index is 0.204. The summed E-state index contributed by atoms with van der Waals surface area (Å²) in [7, 11) is 2.86. The lowest BCUT2D eigenvalue weighted by Crippen LogP contribution is -2.12. The lowest BCUT2D eigenvalue weighted by molar-refractivity contribution is -0.141. The predicted octanol–water partition coefficient (Wildman–Crippen LogP) is 12.4. The highest BCUT2D eigenvalue weighted by Crippen LogP contribution is 2.41. The second-order valence-electron chi connectivity index (χ2n) is 14.7. The van der Waals surface area contributed by atoms with E-state index in [1.165, 1.54) is 36.5 Å². The van der Waals surface area contributed by atoms with Crippen molar-refractivity contribution in [2.24, 2.45) is 0 Å². The van der Waals surface area contributed by atoms with E-state index < -0.39 is 0 Å². The molecule has 0 unspecified atom stereocenters. The van der Waals surface area contributed by atoms with Gasteiger partial charge in [0.2, 0.25) is 0 Å². The van der Waals surface area contributed by atoms with Crippen molar-refractivity contribution in [1.82, 2.24) is 0 Å². The van der Waals surface area contributed by atoms with Gasteiger partial charge in [0, 0.05) is 47.0 Å². The largest absolute Gasteiger partial charge is 0.469 e. The van der Waals surface area contributed by atoms with Crippen molar-refractivity contribution in [3.63, 3.8) is 0 Å². The monoisotopic (exact) mass is 744 g/mol. The van der Waals surface area contributed by atoms with Crippen LogP contribution < -0.4 is 9.80 Å². The van der Waals surface area contributed by atoms with Crippen molar-refractivity contribution in [3.8, 4) is 11.1 Å². The first kappa shape index (κ1) is 39.6. The molecule has 0 heterocycles. The lowest BCUT2D eigenvalue weighted by Gasteiger charge is -2.29. The van der Waals surface area contributed by atoms with E-state index in [1.807, 2.05) is 0 Å². The van der Waals surface area contributed by atoms with Crippen molar-refractivity contribution >= 4 is 46.1 Å². The van der Waals surface area contributed by atoms with Gasteiger partial charge in [-0.15, -0.1) is 0 Å². The highest BCUT2D eigenvalue weighted by atomic mass is 16.5. The molecular weight excluding hydrogens is 693 g/mol. The molecule has 0 spiro atoms. The molecule has 6 heteroatoms. The Bertz CT molecular complexity index is 2180. The SMILES string of the molecule is COC(=O)CCc1ccc(N(c2ccc(C)c(C)c2)c2ccc(-c3ccc(N(c4ccc(CCC(=O)OC)cc4)c4ccc(C)c(C)c4)c(C)c3)cc2C)cc1. The van der Waals surface area contributed by atoms with Gasteiger partial charge in [0.15, 0.2) is 0 Å². The fourth-order valence-electron chi connectivity index (χ4n) is 7.08. The zero-order valence-electron chi connectivity index (χ0n) is 33.9. The third-order valence-corrected chi connectivity index (χ3v) is 10.8. The first-order valence-electron chi connectivity index (χ1n) is 19.2. The predicted molar refractivity (Wildman–Crippen MR) is 230 cm³/mol. The molecule has 0 aliphatic rings. The van der Waals surface area contributed by atoms with Gasteiger partial charge in [0.05, 0.1) is 14.2 Å². The van der Waals surface area contributed by atoms with Gasteiger partial charge >= 0.3 is 11.9 Å². The Hall–Kier alpha value is -6.14. The first-order chi connectivity index (χ1) is 26.9. The molecular formula is C50H52N2O4. The van der Waals surface area contributed by atoms with Gasteiger partial charge in [0.25, 0.3) is 0 Å². The van der Waals surface area contributed by atoms with Crippen LogP contribution in [-0.4, -0.2) is 26.2 Å². The Morgan fingerprint density at radius 1 is 0.411 bits per heavy atom. The summed E-state index contributed by atoms with van der Waals surface area (Å²) in [5, 5.41) is 0. The highest BCUT2D eigenvalue weighted by molar-refractivity contribution is 5.84. The zero-order chi connectivity index (χ0) is 39.9. The summed E-state index contributed by atoms with van der Waals surface area (Å²) in [6.45, 7) is 12.9. The minimum Gasteiger partial charge on any atom is -0.469 e. The van der Waals surface area contributed by atoms with Crippen LogP contribution in [0.5, 0.6) is 0 Å². The number of anilines is 6. The number of nitrogens with zero attached hydrogens (tertiary/aromatic N) is 2. The molecule has 0 amide bonds. The third kappa shape index (κ3) is 9.03. The molecule has 0 saturated heterocycles. The first-order valence-corrected chi connectivity index (χ1v) is 19.2. The summed E-state index contributed by atoms with van der Waals surface area (Å²) in [6, 6.07) is 43.5. The van der Waals surface area contributed by atoms with Gasteiger partial charge < -0.3 is 19.3 Å². The van der Waals surface area contributed by atoms with E-state index in [2.05, 4.69) is 173 Å². The molecule has 6 rings (SSSR count). The summed E-state index contributed by atoms with van der Waals surface area (Å²) in [5.41, 5.74) is 18.2. The Morgan fingerprint density at radius 2 is 0.768 bits per heavy atom. The minimum atomic E-state index is -0.204. The zero-order valence-corrected chi connectivity index (χ0v) is 33.9. The second kappa shape index (κ2) is 17.5. The van der Waals surface area contributed by atoms with Gasteiger partial charge in [0.1, 0.15) is 0 Å².